The first kappa shape index (κ1) is 39.8. The van der Waals surface area contributed by atoms with Gasteiger partial charge in [-0.15, -0.1) is 0 Å². The number of aliphatic hydroxyl groups excluding tert-OH is 9. The molecule has 21 nitrogen and oxygen atoms in total. The van der Waals surface area contributed by atoms with Crippen molar-refractivity contribution in [1.29, 1.82) is 0 Å². The summed E-state index contributed by atoms with van der Waals surface area (Å²) >= 11 is 0. The Kier molecular flexibility index (Phi) is 11.5. The molecule has 3 aliphatic heterocycles. The lowest BCUT2D eigenvalue weighted by atomic mass is 9.97. The van der Waals surface area contributed by atoms with Crippen LogP contribution in [0.25, 0.3) is 22.3 Å². The van der Waals surface area contributed by atoms with Gasteiger partial charge in [0, 0.05) is 17.7 Å². The highest BCUT2D eigenvalue weighted by Gasteiger charge is 2.52. The zero-order chi connectivity index (χ0) is 39.3. The molecule has 2 aromatic carbocycles. The molecular weight excluding hydrogens is 732 g/mol. The number of hydrogen-bond donors (Lipinski definition) is 13. The second kappa shape index (κ2) is 15.7. The van der Waals surface area contributed by atoms with Gasteiger partial charge >= 0.3 is 0 Å². The molecule has 3 aromatic rings. The van der Waals surface area contributed by atoms with Gasteiger partial charge in [-0.2, -0.15) is 0 Å². The maximum Gasteiger partial charge on any atom is 0.239 e. The molecule has 0 radical (unpaired) electrons. The molecule has 4 heterocycles. The number of hydrogen-bond acceptors (Lipinski definition) is 21. The molecule has 21 heteroatoms. The average Bonchev–Trinajstić information content (AvgIpc) is 3.13. The number of phenolic OH excluding ortho intramolecular Hbond substituents is 4. The predicted molar refractivity (Wildman–Crippen MR) is 173 cm³/mol. The third kappa shape index (κ3) is 7.39. The van der Waals surface area contributed by atoms with Crippen molar-refractivity contribution in [1.82, 2.24) is 0 Å². The molecule has 0 bridgehead atoms. The van der Waals surface area contributed by atoms with Gasteiger partial charge in [-0.3, -0.25) is 4.79 Å². The van der Waals surface area contributed by atoms with E-state index in [1.807, 2.05) is 0 Å². The Balaban J connectivity index is 1.40. The second-order valence-electron chi connectivity index (χ2n) is 13.1. The quantitative estimate of drug-likeness (QED) is 0.0925. The first-order valence-corrected chi connectivity index (χ1v) is 16.5. The van der Waals surface area contributed by atoms with Crippen LogP contribution >= 0.6 is 0 Å². The first-order chi connectivity index (χ1) is 25.5. The highest BCUT2D eigenvalue weighted by molar-refractivity contribution is 5.88. The van der Waals surface area contributed by atoms with Gasteiger partial charge in [0.25, 0.3) is 0 Å². The number of fused-ring (bicyclic) bond motifs is 1. The second-order valence-corrected chi connectivity index (χ2v) is 13.1. The van der Waals surface area contributed by atoms with Crippen LogP contribution in [0.15, 0.2) is 39.5 Å². The molecule has 0 saturated carbocycles. The molecule has 1 aromatic heterocycles. The monoisotopic (exact) mass is 772 g/mol. The van der Waals surface area contributed by atoms with Crippen LogP contribution in [0.5, 0.6) is 28.7 Å². The third-order valence-corrected chi connectivity index (χ3v) is 9.41. The highest BCUT2D eigenvalue weighted by atomic mass is 16.8. The van der Waals surface area contributed by atoms with E-state index < -0.39 is 151 Å². The standard InChI is InChI=1S/C33H40O21/c1-9-19(39)23(43)26(46)31(49-9)48-8-17-21(41)25(45)30(54-32-27(47)24(44)20(40)16(7-34)51-32)33(52-17)53-29-22(42)18-14(38)5-11(35)6-15(18)50-28(29)10-2-3-12(36)13(37)4-10/h2-6,9,16-17,19-21,23-27,30-41,43-47H,7-8H2,1H3/t9?,16?,17?,19-,20+,21-,23?,24-,25-,26-,27?,30?,31+,32-,33-/m0/s1. The van der Waals surface area contributed by atoms with E-state index in [2.05, 4.69) is 0 Å². The largest absolute Gasteiger partial charge is 0.508 e. The van der Waals surface area contributed by atoms with Crippen molar-refractivity contribution in [2.75, 3.05) is 13.2 Å². The Morgan fingerprint density at radius 3 is 2.00 bits per heavy atom. The summed E-state index contributed by atoms with van der Waals surface area (Å²) in [4.78, 5) is 14.1. The Bertz CT molecular complexity index is 1850. The minimum Gasteiger partial charge on any atom is -0.508 e. The van der Waals surface area contributed by atoms with Crippen molar-refractivity contribution < 1.29 is 99.2 Å². The fourth-order valence-electron chi connectivity index (χ4n) is 6.30. The van der Waals surface area contributed by atoms with Crippen molar-refractivity contribution in [3.8, 4) is 40.1 Å². The van der Waals surface area contributed by atoms with E-state index in [1.165, 1.54) is 13.0 Å². The number of ether oxygens (including phenoxy) is 6. The highest BCUT2D eigenvalue weighted by Crippen LogP contribution is 2.40. The SMILES string of the molecule is CC1O[C@@H](OCC2O[C@@H](Oc3c(-c4ccc(O)c(O)c4)oc4cc(O)cc(O)c4c3=O)C(O[C@@H]3OC(CO)[C@@H](O)[C@H](O)C3O)[C@@H](O)[C@H]2O)[C@@H](O)C(O)[C@H]1O. The molecule has 3 saturated heterocycles. The molecular formula is C33H40O21. The first-order valence-electron chi connectivity index (χ1n) is 16.5. The lowest BCUT2D eigenvalue weighted by Gasteiger charge is -2.46. The molecule has 0 aliphatic carbocycles. The van der Waals surface area contributed by atoms with Gasteiger partial charge in [0.2, 0.25) is 17.5 Å². The van der Waals surface area contributed by atoms with E-state index in [1.54, 1.807) is 0 Å². The lowest BCUT2D eigenvalue weighted by molar-refractivity contribution is -0.362. The Hall–Kier alpha value is -3.91. The van der Waals surface area contributed by atoms with Gasteiger partial charge in [0.1, 0.15) is 83.5 Å². The van der Waals surface area contributed by atoms with Crippen LogP contribution in [0.1, 0.15) is 6.92 Å². The fourth-order valence-corrected chi connectivity index (χ4v) is 6.30. The summed E-state index contributed by atoms with van der Waals surface area (Å²) in [7, 11) is 0. The summed E-state index contributed by atoms with van der Waals surface area (Å²) in [5.74, 6) is -3.82. The van der Waals surface area contributed by atoms with Crippen molar-refractivity contribution >= 4 is 11.0 Å². The van der Waals surface area contributed by atoms with Crippen LogP contribution in [-0.2, 0) is 23.7 Å². The number of phenols is 4. The Morgan fingerprint density at radius 2 is 1.31 bits per heavy atom. The zero-order valence-electron chi connectivity index (χ0n) is 28.0. The third-order valence-electron chi connectivity index (χ3n) is 9.41. The minimum atomic E-state index is -2.10. The zero-order valence-corrected chi connectivity index (χ0v) is 28.0. The van der Waals surface area contributed by atoms with E-state index in [-0.39, 0.29) is 11.1 Å². The summed E-state index contributed by atoms with van der Waals surface area (Å²) in [5, 5.41) is 135. The molecule has 298 valence electrons. The predicted octanol–water partition coefficient (Wildman–Crippen LogP) is -3.86. The Morgan fingerprint density at radius 1 is 0.667 bits per heavy atom. The summed E-state index contributed by atoms with van der Waals surface area (Å²) in [6, 6.07) is 5.00. The fraction of sp³-hybridized carbons (Fsp3) is 0.545. The van der Waals surface area contributed by atoms with Gasteiger partial charge in [0.05, 0.1) is 19.3 Å². The lowest BCUT2D eigenvalue weighted by Crippen LogP contribution is -2.65. The molecule has 3 fully saturated rings. The molecule has 0 amide bonds. The Labute approximate surface area is 303 Å². The number of rotatable bonds is 9. The molecule has 0 spiro atoms. The van der Waals surface area contributed by atoms with Crippen LogP contribution in [0.2, 0.25) is 0 Å². The molecule has 15 atom stereocenters. The van der Waals surface area contributed by atoms with Gasteiger partial charge in [-0.25, -0.2) is 0 Å². The van der Waals surface area contributed by atoms with E-state index in [0.29, 0.717) is 0 Å². The van der Waals surface area contributed by atoms with Crippen LogP contribution in [0.4, 0.5) is 0 Å². The van der Waals surface area contributed by atoms with Gasteiger partial charge in [-0.05, 0) is 25.1 Å². The average molecular weight is 773 g/mol. The van der Waals surface area contributed by atoms with Crippen LogP contribution in [0, 0.1) is 0 Å². The molecule has 54 heavy (non-hydrogen) atoms. The van der Waals surface area contributed by atoms with Crippen molar-refractivity contribution in [2.24, 2.45) is 0 Å². The summed E-state index contributed by atoms with van der Waals surface area (Å²) in [6.45, 7) is -0.209. The minimum absolute atomic E-state index is 0.122. The smallest absolute Gasteiger partial charge is 0.239 e. The van der Waals surface area contributed by atoms with Crippen molar-refractivity contribution in [3.63, 3.8) is 0 Å². The van der Waals surface area contributed by atoms with Crippen molar-refractivity contribution in [3.05, 3.63) is 40.6 Å². The van der Waals surface area contributed by atoms with Crippen molar-refractivity contribution in [2.45, 2.75) is 99.0 Å². The van der Waals surface area contributed by atoms with Crippen LogP contribution in [-0.4, -0.2) is 172 Å². The van der Waals surface area contributed by atoms with E-state index in [0.717, 1.165) is 24.3 Å². The number of aromatic hydroxyl groups is 4. The van der Waals surface area contributed by atoms with Gasteiger partial charge in [0.15, 0.2) is 35.9 Å². The maximum absolute atomic E-state index is 14.1. The molecule has 6 rings (SSSR count). The topological polar surface area (TPSA) is 349 Å². The van der Waals surface area contributed by atoms with Gasteiger partial charge in [-0.1, -0.05) is 0 Å². The maximum atomic E-state index is 14.1. The summed E-state index contributed by atoms with van der Waals surface area (Å²) in [6.07, 6.45) is -26.6. The van der Waals surface area contributed by atoms with Crippen LogP contribution < -0.4 is 10.2 Å². The van der Waals surface area contributed by atoms with E-state index >= 15 is 0 Å². The van der Waals surface area contributed by atoms with E-state index in [4.69, 9.17) is 32.8 Å². The molecule has 6 unspecified atom stereocenters. The number of benzene rings is 2. The normalized spacial score (nSPS) is 37.3. The summed E-state index contributed by atoms with van der Waals surface area (Å²) in [5.41, 5.74) is -1.62. The number of aliphatic hydroxyl groups is 9. The van der Waals surface area contributed by atoms with Gasteiger partial charge < -0.3 is 99.2 Å². The van der Waals surface area contributed by atoms with E-state index in [9.17, 15) is 71.2 Å². The molecule has 3 aliphatic rings. The molecule has 13 N–H and O–H groups in total. The summed E-state index contributed by atoms with van der Waals surface area (Å²) < 4.78 is 39.8. The van der Waals surface area contributed by atoms with Crippen LogP contribution in [0.3, 0.4) is 0 Å².